The highest BCUT2D eigenvalue weighted by Gasteiger charge is 2.14. The lowest BCUT2D eigenvalue weighted by molar-refractivity contribution is -0.123. The maximum absolute atomic E-state index is 12.0. The molecule has 9 heteroatoms. The van der Waals surface area contributed by atoms with Crippen LogP contribution in [0.3, 0.4) is 0 Å². The average Bonchev–Trinajstić information content (AvgIpc) is 2.72. The molecule has 152 valence electrons. The van der Waals surface area contributed by atoms with E-state index in [2.05, 4.69) is 15.5 Å². The van der Waals surface area contributed by atoms with E-state index in [1.165, 1.54) is 20.4 Å². The second-order valence-electron chi connectivity index (χ2n) is 5.84. The Labute approximate surface area is 168 Å². The van der Waals surface area contributed by atoms with Gasteiger partial charge in [0.05, 0.1) is 27.0 Å². The molecular weight excluding hydrogens is 376 g/mol. The van der Waals surface area contributed by atoms with Crippen molar-refractivity contribution < 1.29 is 23.7 Å². The number of nitriles is 1. The fraction of sp³-hybridized carbons (Fsp3) is 0.300. The second kappa shape index (κ2) is 10.6. The maximum atomic E-state index is 12.0. The summed E-state index contributed by atoms with van der Waals surface area (Å²) in [6, 6.07) is 8.97. The Bertz CT molecular complexity index is 937. The molecule has 29 heavy (non-hydrogen) atoms. The molecule has 2 rings (SSSR count). The van der Waals surface area contributed by atoms with Crippen molar-refractivity contribution in [3.05, 3.63) is 46.6 Å². The number of carbonyl (C=O) groups is 1. The largest absolute Gasteiger partial charge is 0.497 e. The smallest absolute Gasteiger partial charge is 0.278 e. The van der Waals surface area contributed by atoms with E-state index in [0.29, 0.717) is 28.3 Å². The highest BCUT2D eigenvalue weighted by Crippen LogP contribution is 2.23. The summed E-state index contributed by atoms with van der Waals surface area (Å²) >= 11 is 0. The summed E-state index contributed by atoms with van der Waals surface area (Å²) in [5, 5.41) is 13.3. The zero-order chi connectivity index (χ0) is 21.2. The summed E-state index contributed by atoms with van der Waals surface area (Å²) in [4.78, 5) is 16.2. The van der Waals surface area contributed by atoms with Crippen LogP contribution in [-0.2, 0) is 16.1 Å². The molecule has 0 aliphatic heterocycles. The highest BCUT2D eigenvalue weighted by molar-refractivity contribution is 5.85. The van der Waals surface area contributed by atoms with Crippen molar-refractivity contribution in [2.45, 2.75) is 13.5 Å². The Morgan fingerprint density at radius 3 is 2.72 bits per heavy atom. The third-order valence-electron chi connectivity index (χ3n) is 3.78. The van der Waals surface area contributed by atoms with Crippen molar-refractivity contribution in [3.8, 4) is 23.4 Å². The summed E-state index contributed by atoms with van der Waals surface area (Å²) in [5.41, 5.74) is 4.54. The fourth-order valence-electron chi connectivity index (χ4n) is 2.47. The van der Waals surface area contributed by atoms with Crippen LogP contribution in [0, 0.1) is 18.3 Å². The molecule has 1 heterocycles. The molecule has 0 bridgehead atoms. The van der Waals surface area contributed by atoms with E-state index in [1.807, 2.05) is 6.07 Å². The van der Waals surface area contributed by atoms with E-state index in [4.69, 9.17) is 18.9 Å². The van der Waals surface area contributed by atoms with E-state index in [1.54, 1.807) is 38.3 Å². The van der Waals surface area contributed by atoms with Crippen LogP contribution in [0.1, 0.15) is 22.4 Å². The number of aryl methyl sites for hydroxylation is 1. The molecule has 9 nitrogen and oxygen atoms in total. The lowest BCUT2D eigenvalue weighted by Gasteiger charge is -2.10. The minimum Gasteiger partial charge on any atom is -0.497 e. The Balaban J connectivity index is 2.01. The monoisotopic (exact) mass is 398 g/mol. The van der Waals surface area contributed by atoms with Crippen LogP contribution >= 0.6 is 0 Å². The van der Waals surface area contributed by atoms with Gasteiger partial charge in [-0.1, -0.05) is 0 Å². The van der Waals surface area contributed by atoms with Crippen LogP contribution in [0.15, 0.2) is 29.4 Å². The first-order valence-electron chi connectivity index (χ1n) is 8.58. The van der Waals surface area contributed by atoms with E-state index in [9.17, 15) is 10.1 Å². The molecule has 1 aromatic heterocycles. The molecule has 0 aliphatic carbocycles. The van der Waals surface area contributed by atoms with Crippen molar-refractivity contribution in [3.63, 3.8) is 0 Å². The number of hydrogen-bond donors (Lipinski definition) is 1. The van der Waals surface area contributed by atoms with Crippen LogP contribution in [0.25, 0.3) is 0 Å². The van der Waals surface area contributed by atoms with Crippen LogP contribution in [0.4, 0.5) is 0 Å². The first kappa shape index (κ1) is 21.7. The summed E-state index contributed by atoms with van der Waals surface area (Å²) in [5.74, 6) is 0.764. The SMILES string of the molecule is COCc1cc(C)nc(OCC(=O)N/N=C/c2ccc(OC)cc2OC)c1C#N. The molecular formula is C20H22N4O5. The molecule has 0 unspecified atom stereocenters. The number of ether oxygens (including phenoxy) is 4. The van der Waals surface area contributed by atoms with Crippen molar-refractivity contribution in [2.24, 2.45) is 5.10 Å². The van der Waals surface area contributed by atoms with Crippen LogP contribution in [0.5, 0.6) is 17.4 Å². The normalized spacial score (nSPS) is 10.4. The molecule has 0 atom stereocenters. The van der Waals surface area contributed by atoms with Gasteiger partial charge in [0.15, 0.2) is 6.61 Å². The van der Waals surface area contributed by atoms with Crippen LogP contribution in [0.2, 0.25) is 0 Å². The summed E-state index contributed by atoms with van der Waals surface area (Å²) in [7, 11) is 4.61. The Morgan fingerprint density at radius 2 is 2.07 bits per heavy atom. The minimum absolute atomic E-state index is 0.0792. The first-order valence-corrected chi connectivity index (χ1v) is 8.58. The summed E-state index contributed by atoms with van der Waals surface area (Å²) < 4.78 is 20.9. The van der Waals surface area contributed by atoms with Gasteiger partial charge in [-0.25, -0.2) is 10.4 Å². The van der Waals surface area contributed by atoms with Gasteiger partial charge >= 0.3 is 0 Å². The quantitative estimate of drug-likeness (QED) is 0.507. The number of nitrogens with zero attached hydrogens (tertiary/aromatic N) is 3. The number of nitrogens with one attached hydrogen (secondary N) is 1. The number of hydrazone groups is 1. The molecule has 2 aromatic rings. The molecule has 0 saturated carbocycles. The number of benzene rings is 1. The molecule has 1 N–H and O–H groups in total. The number of rotatable bonds is 9. The van der Waals surface area contributed by atoms with Crippen LogP contribution in [-0.4, -0.2) is 45.0 Å². The van der Waals surface area contributed by atoms with E-state index in [-0.39, 0.29) is 24.7 Å². The van der Waals surface area contributed by atoms with E-state index < -0.39 is 5.91 Å². The molecule has 0 radical (unpaired) electrons. The predicted molar refractivity (Wildman–Crippen MR) is 105 cm³/mol. The van der Waals surface area contributed by atoms with Crippen molar-refractivity contribution in [1.82, 2.24) is 10.4 Å². The van der Waals surface area contributed by atoms with Gasteiger partial charge in [-0.05, 0) is 25.1 Å². The van der Waals surface area contributed by atoms with Crippen molar-refractivity contribution in [1.29, 1.82) is 5.26 Å². The Morgan fingerprint density at radius 1 is 1.28 bits per heavy atom. The van der Waals surface area contributed by atoms with Gasteiger partial charge in [0.1, 0.15) is 23.1 Å². The van der Waals surface area contributed by atoms with Gasteiger partial charge in [0, 0.05) is 30.0 Å². The van der Waals surface area contributed by atoms with E-state index in [0.717, 1.165) is 0 Å². The van der Waals surface area contributed by atoms with E-state index >= 15 is 0 Å². The minimum atomic E-state index is -0.505. The maximum Gasteiger partial charge on any atom is 0.278 e. The predicted octanol–water partition coefficient (Wildman–Crippen LogP) is 1.95. The molecule has 0 fully saturated rings. The van der Waals surface area contributed by atoms with Gasteiger partial charge in [-0.15, -0.1) is 0 Å². The molecule has 0 spiro atoms. The highest BCUT2D eigenvalue weighted by atomic mass is 16.5. The molecule has 0 saturated heterocycles. The zero-order valence-corrected chi connectivity index (χ0v) is 16.7. The fourth-order valence-corrected chi connectivity index (χ4v) is 2.47. The molecule has 1 aromatic carbocycles. The first-order chi connectivity index (χ1) is 14.0. The Hall–Kier alpha value is -3.64. The lowest BCUT2D eigenvalue weighted by atomic mass is 10.1. The number of hydrogen-bond acceptors (Lipinski definition) is 8. The van der Waals surface area contributed by atoms with Gasteiger partial charge in [0.25, 0.3) is 5.91 Å². The van der Waals surface area contributed by atoms with Gasteiger partial charge < -0.3 is 18.9 Å². The number of amides is 1. The van der Waals surface area contributed by atoms with Crippen molar-refractivity contribution in [2.75, 3.05) is 27.9 Å². The standard InChI is InChI=1S/C20H22N4O5/c1-13-7-15(11-26-2)17(9-21)20(23-13)29-12-19(25)24-22-10-14-5-6-16(27-3)8-18(14)28-4/h5-8,10H,11-12H2,1-4H3,(H,24,25)/b22-10+. The molecule has 0 aliphatic rings. The number of pyridine rings is 1. The number of methoxy groups -OCH3 is 3. The number of aromatic nitrogens is 1. The van der Waals surface area contributed by atoms with Crippen LogP contribution < -0.4 is 19.6 Å². The topological polar surface area (TPSA) is 115 Å². The van der Waals surface area contributed by atoms with Gasteiger partial charge in [-0.3, -0.25) is 4.79 Å². The molecule has 1 amide bonds. The van der Waals surface area contributed by atoms with Crippen molar-refractivity contribution >= 4 is 12.1 Å². The second-order valence-corrected chi connectivity index (χ2v) is 5.84. The third kappa shape index (κ3) is 5.92. The van der Waals surface area contributed by atoms with Gasteiger partial charge in [-0.2, -0.15) is 10.4 Å². The lowest BCUT2D eigenvalue weighted by Crippen LogP contribution is -2.25. The van der Waals surface area contributed by atoms with Gasteiger partial charge in [0.2, 0.25) is 5.88 Å². The summed E-state index contributed by atoms with van der Waals surface area (Å²) in [6.45, 7) is 1.65. The third-order valence-corrected chi connectivity index (χ3v) is 3.78. The number of carbonyl (C=O) groups excluding carboxylic acids is 1. The Kier molecular flexibility index (Phi) is 7.94. The zero-order valence-electron chi connectivity index (χ0n) is 16.7. The average molecular weight is 398 g/mol. The summed E-state index contributed by atoms with van der Waals surface area (Å²) in [6.07, 6.45) is 1.44.